The van der Waals surface area contributed by atoms with E-state index in [2.05, 4.69) is 0 Å². The van der Waals surface area contributed by atoms with Gasteiger partial charge in [0.15, 0.2) is 5.78 Å². The number of fused-ring (bicyclic) bond motifs is 1. The normalized spacial score (nSPS) is 22.8. The fourth-order valence-electron chi connectivity index (χ4n) is 3.47. The summed E-state index contributed by atoms with van der Waals surface area (Å²) in [4.78, 5) is 26.6. The number of ketones is 1. The number of carbonyl (C=O) groups is 2. The van der Waals surface area contributed by atoms with E-state index in [1.165, 1.54) is 0 Å². The van der Waals surface area contributed by atoms with Crippen LogP contribution in [0.15, 0.2) is 24.3 Å². The number of piperidine rings is 1. The van der Waals surface area contributed by atoms with E-state index < -0.39 is 11.2 Å². The Morgan fingerprint density at radius 2 is 1.88 bits per heavy atom. The molecule has 0 aromatic heterocycles. The minimum atomic E-state index is -0.524. The van der Waals surface area contributed by atoms with E-state index in [-0.39, 0.29) is 17.8 Å². The van der Waals surface area contributed by atoms with Crippen molar-refractivity contribution in [3.63, 3.8) is 0 Å². The van der Waals surface area contributed by atoms with Crippen LogP contribution in [0.1, 0.15) is 50.9 Å². The Morgan fingerprint density at radius 3 is 2.50 bits per heavy atom. The van der Waals surface area contributed by atoms with Gasteiger partial charge in [-0.3, -0.25) is 4.79 Å². The average molecular weight is 331 g/mol. The fourth-order valence-corrected chi connectivity index (χ4v) is 3.47. The molecule has 3 rings (SSSR count). The molecule has 0 aliphatic carbocycles. The Kier molecular flexibility index (Phi) is 4.06. The predicted molar refractivity (Wildman–Crippen MR) is 90.3 cm³/mol. The molecular formula is C19H25NO4. The summed E-state index contributed by atoms with van der Waals surface area (Å²) in [6.07, 6.45) is 0.966. The molecule has 1 saturated heterocycles. The summed E-state index contributed by atoms with van der Waals surface area (Å²) in [5.74, 6) is 0.571. The first-order valence-corrected chi connectivity index (χ1v) is 8.52. The number of Topliss-reactive ketones (excluding diaryl/α,β-unsaturated/α-hetero) is 1. The molecular weight excluding hydrogens is 306 g/mol. The molecule has 130 valence electrons. The fraction of sp³-hybridized carbons (Fsp3) is 0.579. The molecule has 2 heterocycles. The lowest BCUT2D eigenvalue weighted by Crippen LogP contribution is -2.57. The van der Waals surface area contributed by atoms with Crippen LogP contribution in [0.5, 0.6) is 5.75 Å². The zero-order valence-electron chi connectivity index (χ0n) is 14.8. The lowest BCUT2D eigenvalue weighted by atomic mass is 9.74. The largest absolute Gasteiger partial charge is 0.486 e. The summed E-state index contributed by atoms with van der Waals surface area (Å²) < 4.78 is 11.7. The van der Waals surface area contributed by atoms with E-state index in [9.17, 15) is 9.59 Å². The van der Waals surface area contributed by atoms with Gasteiger partial charge >= 0.3 is 6.09 Å². The molecule has 1 unspecified atom stereocenters. The van der Waals surface area contributed by atoms with E-state index in [1.807, 2.05) is 52.0 Å². The van der Waals surface area contributed by atoms with Crippen LogP contribution in [0.2, 0.25) is 0 Å². The number of rotatable bonds is 0. The topological polar surface area (TPSA) is 55.8 Å². The first-order chi connectivity index (χ1) is 11.2. The van der Waals surface area contributed by atoms with Crippen molar-refractivity contribution in [2.24, 2.45) is 5.92 Å². The van der Waals surface area contributed by atoms with Gasteiger partial charge in [-0.25, -0.2) is 4.79 Å². The van der Waals surface area contributed by atoms with Crippen LogP contribution in [0.4, 0.5) is 4.79 Å². The molecule has 2 aliphatic heterocycles. The zero-order chi connectivity index (χ0) is 17.5. The van der Waals surface area contributed by atoms with E-state index in [4.69, 9.17) is 9.47 Å². The Hall–Kier alpha value is -2.04. The highest BCUT2D eigenvalue weighted by atomic mass is 16.6. The second-order valence-electron chi connectivity index (χ2n) is 7.72. The highest BCUT2D eigenvalue weighted by molar-refractivity contribution is 6.01. The molecule has 5 heteroatoms. The molecule has 0 radical (unpaired) electrons. The van der Waals surface area contributed by atoms with Gasteiger partial charge < -0.3 is 14.4 Å². The van der Waals surface area contributed by atoms with Gasteiger partial charge in [0.2, 0.25) is 0 Å². The number of para-hydroxylation sites is 1. The van der Waals surface area contributed by atoms with Crippen LogP contribution in [0, 0.1) is 5.92 Å². The maximum absolute atomic E-state index is 12.7. The number of hydrogen-bond acceptors (Lipinski definition) is 4. The Balaban J connectivity index is 1.74. The number of nitrogens with zero attached hydrogens (tertiary/aromatic N) is 1. The minimum Gasteiger partial charge on any atom is -0.486 e. The van der Waals surface area contributed by atoms with Crippen molar-refractivity contribution < 1.29 is 19.1 Å². The molecule has 1 spiro atoms. The van der Waals surface area contributed by atoms with Gasteiger partial charge in [0, 0.05) is 25.9 Å². The number of benzene rings is 1. The molecule has 5 nitrogen and oxygen atoms in total. The molecule has 24 heavy (non-hydrogen) atoms. The molecule has 1 fully saturated rings. The van der Waals surface area contributed by atoms with E-state index in [1.54, 1.807) is 4.90 Å². The molecule has 1 aromatic rings. The smallest absolute Gasteiger partial charge is 0.410 e. The molecule has 1 atom stereocenters. The molecule has 0 saturated carbocycles. The zero-order valence-corrected chi connectivity index (χ0v) is 14.8. The van der Waals surface area contributed by atoms with Crippen molar-refractivity contribution in [3.05, 3.63) is 29.8 Å². The number of amides is 1. The molecule has 1 amide bonds. The lowest BCUT2D eigenvalue weighted by molar-refractivity contribution is -0.0446. The first kappa shape index (κ1) is 16.8. The summed E-state index contributed by atoms with van der Waals surface area (Å²) in [5, 5.41) is 0. The van der Waals surface area contributed by atoms with Gasteiger partial charge in [-0.15, -0.1) is 0 Å². The lowest BCUT2D eigenvalue weighted by Gasteiger charge is -2.47. The second-order valence-corrected chi connectivity index (χ2v) is 7.72. The van der Waals surface area contributed by atoms with Crippen molar-refractivity contribution in [3.8, 4) is 5.75 Å². The highest BCUT2D eigenvalue weighted by Gasteiger charge is 2.49. The number of ether oxygens (including phenoxy) is 2. The van der Waals surface area contributed by atoms with Gasteiger partial charge in [0.1, 0.15) is 17.0 Å². The van der Waals surface area contributed by atoms with Gasteiger partial charge in [-0.2, -0.15) is 0 Å². The van der Waals surface area contributed by atoms with E-state index >= 15 is 0 Å². The average Bonchev–Trinajstić information content (AvgIpc) is 2.52. The van der Waals surface area contributed by atoms with Gasteiger partial charge in [0.05, 0.1) is 11.5 Å². The Labute approximate surface area is 142 Å². The van der Waals surface area contributed by atoms with Crippen LogP contribution in [-0.2, 0) is 4.74 Å². The van der Waals surface area contributed by atoms with Crippen LogP contribution >= 0.6 is 0 Å². The quantitative estimate of drug-likeness (QED) is 0.728. The molecule has 0 bridgehead atoms. The summed E-state index contributed by atoms with van der Waals surface area (Å²) in [5.41, 5.74) is -0.370. The number of hydrogen-bond donors (Lipinski definition) is 0. The standard InChI is InChI=1S/C19H25NO4/c1-13-16(21)14-7-5-6-8-15(14)23-19(13)9-11-20(12-10-19)17(22)24-18(2,3)4/h5-8,13H,9-12H2,1-4H3. The Morgan fingerprint density at radius 1 is 1.25 bits per heavy atom. The summed E-state index contributed by atoms with van der Waals surface area (Å²) in [7, 11) is 0. The third-order valence-electron chi connectivity index (χ3n) is 4.91. The molecule has 2 aliphatic rings. The van der Waals surface area contributed by atoms with E-state index in [0.717, 1.165) is 0 Å². The monoisotopic (exact) mass is 331 g/mol. The molecule has 0 N–H and O–H groups in total. The minimum absolute atomic E-state index is 0.127. The van der Waals surface area contributed by atoms with Crippen molar-refractivity contribution in [1.82, 2.24) is 4.90 Å². The van der Waals surface area contributed by atoms with Gasteiger partial charge in [-0.1, -0.05) is 19.1 Å². The highest BCUT2D eigenvalue weighted by Crippen LogP contribution is 2.42. The third kappa shape index (κ3) is 2.99. The first-order valence-electron chi connectivity index (χ1n) is 8.52. The van der Waals surface area contributed by atoms with Crippen LogP contribution in [0.25, 0.3) is 0 Å². The van der Waals surface area contributed by atoms with Crippen LogP contribution in [-0.4, -0.2) is 41.1 Å². The molecule has 1 aromatic carbocycles. The summed E-state index contributed by atoms with van der Waals surface area (Å²) in [6.45, 7) is 8.58. The van der Waals surface area contributed by atoms with Crippen molar-refractivity contribution >= 4 is 11.9 Å². The van der Waals surface area contributed by atoms with E-state index in [0.29, 0.717) is 37.2 Å². The van der Waals surface area contributed by atoms with Gasteiger partial charge in [0.25, 0.3) is 0 Å². The summed E-state index contributed by atoms with van der Waals surface area (Å²) in [6, 6.07) is 7.40. The van der Waals surface area contributed by atoms with Crippen molar-refractivity contribution in [1.29, 1.82) is 0 Å². The number of likely N-dealkylation sites (tertiary alicyclic amines) is 1. The van der Waals surface area contributed by atoms with Crippen LogP contribution < -0.4 is 4.74 Å². The number of carbonyl (C=O) groups excluding carboxylic acids is 2. The summed E-state index contributed by atoms with van der Waals surface area (Å²) >= 11 is 0. The maximum atomic E-state index is 12.7. The maximum Gasteiger partial charge on any atom is 0.410 e. The van der Waals surface area contributed by atoms with Crippen LogP contribution in [0.3, 0.4) is 0 Å². The van der Waals surface area contributed by atoms with Gasteiger partial charge in [-0.05, 0) is 32.9 Å². The second kappa shape index (κ2) is 5.80. The predicted octanol–water partition coefficient (Wildman–Crippen LogP) is 3.67. The Bertz CT molecular complexity index is 654. The van der Waals surface area contributed by atoms with Crippen molar-refractivity contribution in [2.45, 2.75) is 51.7 Å². The third-order valence-corrected chi connectivity index (χ3v) is 4.91. The SMILES string of the molecule is CC1C(=O)c2ccccc2OC12CCN(C(=O)OC(C)(C)C)CC2. The van der Waals surface area contributed by atoms with Crippen molar-refractivity contribution in [2.75, 3.05) is 13.1 Å².